The van der Waals surface area contributed by atoms with Gasteiger partial charge in [0.2, 0.25) is 5.91 Å². The third-order valence-corrected chi connectivity index (χ3v) is 3.32. The number of aliphatic hydroxyl groups is 2. The highest BCUT2D eigenvalue weighted by molar-refractivity contribution is 5.78. The zero-order valence-electron chi connectivity index (χ0n) is 10.6. The molecule has 0 unspecified atom stereocenters. The van der Waals surface area contributed by atoms with Gasteiger partial charge in [-0.2, -0.15) is 0 Å². The SMILES string of the molecule is CC(CO)(CO)NCC(=O)N1CCCCCC1. The Morgan fingerprint density at radius 1 is 1.18 bits per heavy atom. The molecule has 0 aromatic carbocycles. The smallest absolute Gasteiger partial charge is 0.236 e. The Balaban J connectivity index is 2.37. The molecule has 0 spiro atoms. The lowest BCUT2D eigenvalue weighted by molar-refractivity contribution is -0.130. The minimum atomic E-state index is -0.776. The van der Waals surface area contributed by atoms with Crippen LogP contribution >= 0.6 is 0 Å². The van der Waals surface area contributed by atoms with E-state index >= 15 is 0 Å². The summed E-state index contributed by atoms with van der Waals surface area (Å²) in [5, 5.41) is 21.1. The predicted octanol–water partition coefficient (Wildman–Crippen LogP) is -0.278. The number of amides is 1. The van der Waals surface area contributed by atoms with Gasteiger partial charge in [0.05, 0.1) is 25.3 Å². The second-order valence-electron chi connectivity index (χ2n) is 5.03. The molecule has 0 aromatic rings. The molecule has 0 atom stereocenters. The van der Waals surface area contributed by atoms with Crippen molar-refractivity contribution < 1.29 is 15.0 Å². The summed E-state index contributed by atoms with van der Waals surface area (Å²) in [5.41, 5.74) is -0.776. The highest BCUT2D eigenvalue weighted by Gasteiger charge is 2.24. The van der Waals surface area contributed by atoms with Crippen LogP contribution < -0.4 is 5.32 Å². The first-order chi connectivity index (χ1) is 8.11. The van der Waals surface area contributed by atoms with Crippen LogP contribution in [0.1, 0.15) is 32.6 Å². The van der Waals surface area contributed by atoms with E-state index in [-0.39, 0.29) is 25.7 Å². The van der Waals surface area contributed by atoms with E-state index in [4.69, 9.17) is 10.2 Å². The van der Waals surface area contributed by atoms with Crippen LogP contribution in [0.3, 0.4) is 0 Å². The highest BCUT2D eigenvalue weighted by Crippen LogP contribution is 2.09. The third kappa shape index (κ3) is 4.61. The van der Waals surface area contributed by atoms with Gasteiger partial charge in [-0.3, -0.25) is 10.1 Å². The first kappa shape index (κ1) is 14.4. The molecule has 0 bridgehead atoms. The third-order valence-electron chi connectivity index (χ3n) is 3.32. The number of hydrogen-bond acceptors (Lipinski definition) is 4. The predicted molar refractivity (Wildman–Crippen MR) is 65.6 cm³/mol. The molecule has 5 nitrogen and oxygen atoms in total. The van der Waals surface area contributed by atoms with Crippen LogP contribution in [-0.2, 0) is 4.79 Å². The van der Waals surface area contributed by atoms with Crippen molar-refractivity contribution in [1.29, 1.82) is 0 Å². The monoisotopic (exact) mass is 244 g/mol. The molecule has 1 amide bonds. The summed E-state index contributed by atoms with van der Waals surface area (Å²) in [5.74, 6) is 0.0556. The number of rotatable bonds is 5. The number of carbonyl (C=O) groups is 1. The first-order valence-corrected chi connectivity index (χ1v) is 6.36. The standard InChI is InChI=1S/C12H24N2O3/c1-12(9-15,10-16)13-8-11(17)14-6-4-2-3-5-7-14/h13,15-16H,2-10H2,1H3. The lowest BCUT2D eigenvalue weighted by Gasteiger charge is -2.28. The highest BCUT2D eigenvalue weighted by atomic mass is 16.3. The molecule has 17 heavy (non-hydrogen) atoms. The topological polar surface area (TPSA) is 72.8 Å². The van der Waals surface area contributed by atoms with Gasteiger partial charge in [-0.05, 0) is 19.8 Å². The van der Waals surface area contributed by atoms with Crippen molar-refractivity contribution in [2.45, 2.75) is 38.1 Å². The Bertz CT molecular complexity index is 234. The van der Waals surface area contributed by atoms with Gasteiger partial charge in [-0.15, -0.1) is 0 Å². The zero-order chi connectivity index (χ0) is 12.7. The minimum Gasteiger partial charge on any atom is -0.394 e. The Labute approximate surface area is 103 Å². The molecule has 1 saturated heterocycles. The molecular weight excluding hydrogens is 220 g/mol. The van der Waals surface area contributed by atoms with E-state index in [0.29, 0.717) is 0 Å². The molecule has 3 N–H and O–H groups in total. The van der Waals surface area contributed by atoms with E-state index in [1.165, 1.54) is 12.8 Å². The van der Waals surface area contributed by atoms with Crippen molar-refractivity contribution in [1.82, 2.24) is 10.2 Å². The number of carbonyl (C=O) groups excluding carboxylic acids is 1. The fourth-order valence-corrected chi connectivity index (χ4v) is 1.88. The Morgan fingerprint density at radius 2 is 1.71 bits per heavy atom. The first-order valence-electron chi connectivity index (χ1n) is 6.36. The normalized spacial score (nSPS) is 17.9. The van der Waals surface area contributed by atoms with E-state index in [9.17, 15) is 4.79 Å². The molecule has 1 heterocycles. The number of hydrogen-bond donors (Lipinski definition) is 3. The molecule has 0 aliphatic carbocycles. The zero-order valence-corrected chi connectivity index (χ0v) is 10.6. The van der Waals surface area contributed by atoms with E-state index in [0.717, 1.165) is 25.9 Å². The average Bonchev–Trinajstić information content (AvgIpc) is 2.64. The summed E-state index contributed by atoms with van der Waals surface area (Å²) in [7, 11) is 0. The van der Waals surface area contributed by atoms with Crippen molar-refractivity contribution in [3.63, 3.8) is 0 Å². The Hall–Kier alpha value is -0.650. The second kappa shape index (κ2) is 6.93. The molecule has 0 saturated carbocycles. The average molecular weight is 244 g/mol. The van der Waals surface area contributed by atoms with Gasteiger partial charge in [0.15, 0.2) is 0 Å². The largest absolute Gasteiger partial charge is 0.394 e. The van der Waals surface area contributed by atoms with Crippen LogP contribution in [0.2, 0.25) is 0 Å². The maximum Gasteiger partial charge on any atom is 0.236 e. The maximum atomic E-state index is 11.9. The van der Waals surface area contributed by atoms with Crippen LogP contribution in [0.5, 0.6) is 0 Å². The summed E-state index contributed by atoms with van der Waals surface area (Å²) in [4.78, 5) is 13.8. The Kier molecular flexibility index (Phi) is 5.88. The van der Waals surface area contributed by atoms with Crippen LogP contribution in [0.4, 0.5) is 0 Å². The maximum absolute atomic E-state index is 11.9. The summed E-state index contributed by atoms with van der Waals surface area (Å²) in [6, 6.07) is 0. The van der Waals surface area contributed by atoms with Crippen molar-refractivity contribution in [2.24, 2.45) is 0 Å². The van der Waals surface area contributed by atoms with Crippen LogP contribution in [0.25, 0.3) is 0 Å². The van der Waals surface area contributed by atoms with Crippen LogP contribution in [0.15, 0.2) is 0 Å². The molecule has 1 rings (SSSR count). The lowest BCUT2D eigenvalue weighted by atomic mass is 10.1. The van der Waals surface area contributed by atoms with Crippen LogP contribution in [-0.4, -0.2) is 59.4 Å². The molecule has 100 valence electrons. The van der Waals surface area contributed by atoms with Gasteiger partial charge >= 0.3 is 0 Å². The molecule has 1 aliphatic heterocycles. The molecule has 1 aliphatic rings. The Morgan fingerprint density at radius 3 is 2.18 bits per heavy atom. The lowest BCUT2D eigenvalue weighted by Crippen LogP contribution is -2.52. The number of likely N-dealkylation sites (tertiary alicyclic amines) is 1. The fraction of sp³-hybridized carbons (Fsp3) is 0.917. The molecule has 0 radical (unpaired) electrons. The summed E-state index contributed by atoms with van der Waals surface area (Å²) >= 11 is 0. The van der Waals surface area contributed by atoms with Crippen molar-refractivity contribution in [3.8, 4) is 0 Å². The molecule has 1 fully saturated rings. The quantitative estimate of drug-likeness (QED) is 0.622. The summed E-state index contributed by atoms with van der Waals surface area (Å²) < 4.78 is 0. The summed E-state index contributed by atoms with van der Waals surface area (Å²) in [6.07, 6.45) is 4.54. The van der Waals surface area contributed by atoms with Crippen molar-refractivity contribution >= 4 is 5.91 Å². The van der Waals surface area contributed by atoms with Gasteiger partial charge in [0.25, 0.3) is 0 Å². The number of nitrogens with zero attached hydrogens (tertiary/aromatic N) is 1. The van der Waals surface area contributed by atoms with E-state index in [1.807, 2.05) is 4.90 Å². The van der Waals surface area contributed by atoms with Gasteiger partial charge in [-0.25, -0.2) is 0 Å². The number of nitrogens with one attached hydrogen (secondary N) is 1. The number of aliphatic hydroxyl groups excluding tert-OH is 2. The van der Waals surface area contributed by atoms with E-state index in [2.05, 4.69) is 5.32 Å². The summed E-state index contributed by atoms with van der Waals surface area (Å²) in [6.45, 7) is 3.17. The van der Waals surface area contributed by atoms with Crippen LogP contribution in [0, 0.1) is 0 Å². The van der Waals surface area contributed by atoms with Gasteiger partial charge < -0.3 is 15.1 Å². The van der Waals surface area contributed by atoms with Gasteiger partial charge in [0, 0.05) is 13.1 Å². The van der Waals surface area contributed by atoms with Gasteiger partial charge in [0.1, 0.15) is 0 Å². The second-order valence-corrected chi connectivity index (χ2v) is 5.03. The minimum absolute atomic E-state index is 0.0556. The molecule has 0 aromatic heterocycles. The van der Waals surface area contributed by atoms with E-state index < -0.39 is 5.54 Å². The molecular formula is C12H24N2O3. The van der Waals surface area contributed by atoms with Crippen molar-refractivity contribution in [3.05, 3.63) is 0 Å². The fourth-order valence-electron chi connectivity index (χ4n) is 1.88. The van der Waals surface area contributed by atoms with E-state index in [1.54, 1.807) is 6.92 Å². The van der Waals surface area contributed by atoms with Gasteiger partial charge in [-0.1, -0.05) is 12.8 Å². The van der Waals surface area contributed by atoms with Crippen molar-refractivity contribution in [2.75, 3.05) is 32.8 Å². The molecule has 5 heteroatoms.